The monoisotopic (exact) mass is 272 g/mol. The molecule has 0 aromatic carbocycles. The Morgan fingerprint density at radius 1 is 1.44 bits per heavy atom. The van der Waals surface area contributed by atoms with E-state index in [2.05, 4.69) is 10.3 Å². The van der Waals surface area contributed by atoms with Gasteiger partial charge in [-0.05, 0) is 13.3 Å². The number of carboxylic acid groups (broad SMARTS) is 1. The normalized spacial score (nSPS) is 10.1. The summed E-state index contributed by atoms with van der Waals surface area (Å²) in [4.78, 5) is 27.1. The van der Waals surface area contributed by atoms with Crippen LogP contribution in [0, 0.1) is 0 Å². The molecular weight excluding hydrogens is 256 g/mol. The zero-order chi connectivity index (χ0) is 13.5. The standard InChI is InChI=1S/C11H16N2O4S/c1-3-5-7-9(10(14)17-4-2)13-8(18-7)6-12-11(15)16/h12H,3-6H2,1-2H3,(H,15,16). The van der Waals surface area contributed by atoms with Gasteiger partial charge < -0.3 is 15.2 Å². The molecule has 2 N–H and O–H groups in total. The maximum atomic E-state index is 11.7. The second kappa shape index (κ2) is 6.95. The van der Waals surface area contributed by atoms with E-state index >= 15 is 0 Å². The maximum absolute atomic E-state index is 11.7. The number of thiazole rings is 1. The Kier molecular flexibility index (Phi) is 5.57. The Balaban J connectivity index is 2.85. The number of aryl methyl sites for hydroxylation is 1. The van der Waals surface area contributed by atoms with Crippen LogP contribution in [0.5, 0.6) is 0 Å². The SMILES string of the molecule is CCCc1sc(CNC(=O)O)nc1C(=O)OCC. The highest BCUT2D eigenvalue weighted by molar-refractivity contribution is 7.11. The summed E-state index contributed by atoms with van der Waals surface area (Å²) in [6.45, 7) is 4.14. The van der Waals surface area contributed by atoms with E-state index in [1.807, 2.05) is 6.92 Å². The lowest BCUT2D eigenvalue weighted by atomic mass is 10.2. The van der Waals surface area contributed by atoms with Gasteiger partial charge in [-0.2, -0.15) is 0 Å². The molecule has 0 fully saturated rings. The molecule has 0 radical (unpaired) electrons. The number of esters is 1. The summed E-state index contributed by atoms with van der Waals surface area (Å²) in [6.07, 6.45) is 0.513. The number of ether oxygens (including phenoxy) is 1. The van der Waals surface area contributed by atoms with E-state index in [0.717, 1.165) is 17.7 Å². The van der Waals surface area contributed by atoms with Crippen LogP contribution in [0.15, 0.2) is 0 Å². The van der Waals surface area contributed by atoms with Crippen molar-refractivity contribution in [3.05, 3.63) is 15.6 Å². The lowest BCUT2D eigenvalue weighted by Gasteiger charge is -2.00. The van der Waals surface area contributed by atoms with Crippen molar-refractivity contribution in [3.63, 3.8) is 0 Å². The van der Waals surface area contributed by atoms with Crippen LogP contribution in [0.3, 0.4) is 0 Å². The molecular formula is C11H16N2O4S. The van der Waals surface area contributed by atoms with Crippen molar-refractivity contribution in [3.8, 4) is 0 Å². The van der Waals surface area contributed by atoms with Crippen molar-refractivity contribution in [2.45, 2.75) is 33.2 Å². The molecule has 1 aromatic rings. The highest BCUT2D eigenvalue weighted by Crippen LogP contribution is 2.21. The first kappa shape index (κ1) is 14.4. The molecule has 1 amide bonds. The number of amides is 1. The molecule has 0 saturated heterocycles. The smallest absolute Gasteiger partial charge is 0.405 e. The van der Waals surface area contributed by atoms with Crippen LogP contribution in [0.4, 0.5) is 4.79 Å². The number of carbonyl (C=O) groups excluding carboxylic acids is 1. The second-order valence-electron chi connectivity index (χ2n) is 3.51. The van der Waals surface area contributed by atoms with E-state index in [4.69, 9.17) is 9.84 Å². The summed E-state index contributed by atoms with van der Waals surface area (Å²) >= 11 is 1.34. The summed E-state index contributed by atoms with van der Waals surface area (Å²) in [6, 6.07) is 0. The highest BCUT2D eigenvalue weighted by Gasteiger charge is 2.18. The van der Waals surface area contributed by atoms with Crippen LogP contribution >= 0.6 is 11.3 Å². The molecule has 0 aliphatic heterocycles. The van der Waals surface area contributed by atoms with Crippen LogP contribution < -0.4 is 5.32 Å². The Hall–Kier alpha value is -1.63. The van der Waals surface area contributed by atoms with E-state index in [9.17, 15) is 9.59 Å². The molecule has 1 heterocycles. The molecule has 0 spiro atoms. The summed E-state index contributed by atoms with van der Waals surface area (Å²) in [5, 5.41) is 11.3. The van der Waals surface area contributed by atoms with Gasteiger partial charge in [-0.3, -0.25) is 0 Å². The Labute approximate surface area is 109 Å². The average molecular weight is 272 g/mol. The number of carbonyl (C=O) groups is 2. The van der Waals surface area contributed by atoms with Crippen LogP contribution in [0.1, 0.15) is 40.6 Å². The van der Waals surface area contributed by atoms with E-state index in [1.165, 1.54) is 11.3 Å². The van der Waals surface area contributed by atoms with Crippen molar-refractivity contribution in [2.75, 3.05) is 6.61 Å². The summed E-state index contributed by atoms with van der Waals surface area (Å²) in [5.74, 6) is -0.446. The van der Waals surface area contributed by atoms with E-state index in [-0.39, 0.29) is 6.54 Å². The minimum absolute atomic E-state index is 0.107. The number of aromatic nitrogens is 1. The van der Waals surface area contributed by atoms with Crippen molar-refractivity contribution >= 4 is 23.4 Å². The van der Waals surface area contributed by atoms with Crippen LogP contribution in [0.25, 0.3) is 0 Å². The summed E-state index contributed by atoms with van der Waals surface area (Å²) < 4.78 is 4.92. The molecule has 6 nitrogen and oxygen atoms in total. The second-order valence-corrected chi connectivity index (χ2v) is 4.68. The van der Waals surface area contributed by atoms with Gasteiger partial charge in [-0.25, -0.2) is 14.6 Å². The Morgan fingerprint density at radius 2 is 2.17 bits per heavy atom. The largest absolute Gasteiger partial charge is 0.465 e. The highest BCUT2D eigenvalue weighted by atomic mass is 32.1. The minimum atomic E-state index is -1.11. The molecule has 0 atom stereocenters. The van der Waals surface area contributed by atoms with Gasteiger partial charge >= 0.3 is 12.1 Å². The van der Waals surface area contributed by atoms with E-state index < -0.39 is 12.1 Å². The minimum Gasteiger partial charge on any atom is -0.465 e. The average Bonchev–Trinajstić information content (AvgIpc) is 2.71. The van der Waals surface area contributed by atoms with Crippen LogP contribution in [-0.4, -0.2) is 28.8 Å². The lowest BCUT2D eigenvalue weighted by molar-refractivity contribution is 0.0519. The van der Waals surface area contributed by atoms with Gasteiger partial charge in [0.2, 0.25) is 0 Å². The molecule has 0 saturated carbocycles. The zero-order valence-corrected chi connectivity index (χ0v) is 11.2. The topological polar surface area (TPSA) is 88.5 Å². The fourth-order valence-electron chi connectivity index (χ4n) is 1.38. The number of nitrogens with one attached hydrogen (secondary N) is 1. The molecule has 18 heavy (non-hydrogen) atoms. The third-order valence-electron chi connectivity index (χ3n) is 2.08. The van der Waals surface area contributed by atoms with Crippen molar-refractivity contribution in [2.24, 2.45) is 0 Å². The predicted molar refractivity (Wildman–Crippen MR) is 66.9 cm³/mol. The van der Waals surface area contributed by atoms with Gasteiger partial charge in [0.15, 0.2) is 5.69 Å². The quantitative estimate of drug-likeness (QED) is 0.774. The predicted octanol–water partition coefficient (Wildman–Crippen LogP) is 2.04. The molecule has 1 aromatic heterocycles. The number of hydrogen-bond acceptors (Lipinski definition) is 5. The first-order chi connectivity index (χ1) is 8.58. The Bertz CT molecular complexity index is 431. The van der Waals surface area contributed by atoms with Crippen LogP contribution in [-0.2, 0) is 17.7 Å². The third kappa shape index (κ3) is 3.99. The molecule has 7 heteroatoms. The lowest BCUT2D eigenvalue weighted by Crippen LogP contribution is -2.19. The first-order valence-corrected chi connectivity index (χ1v) is 6.52. The van der Waals surface area contributed by atoms with Gasteiger partial charge in [0.1, 0.15) is 5.01 Å². The van der Waals surface area contributed by atoms with Gasteiger partial charge in [0, 0.05) is 4.88 Å². The molecule has 1 rings (SSSR count). The fraction of sp³-hybridized carbons (Fsp3) is 0.545. The van der Waals surface area contributed by atoms with E-state index in [1.54, 1.807) is 6.92 Å². The number of nitrogens with zero attached hydrogens (tertiary/aromatic N) is 1. The molecule has 0 aliphatic carbocycles. The molecule has 0 unspecified atom stereocenters. The number of rotatable bonds is 6. The first-order valence-electron chi connectivity index (χ1n) is 5.70. The molecule has 100 valence electrons. The van der Waals surface area contributed by atoms with Crippen molar-refractivity contribution in [1.82, 2.24) is 10.3 Å². The zero-order valence-electron chi connectivity index (χ0n) is 10.4. The summed E-state index contributed by atoms with van der Waals surface area (Å²) in [5.41, 5.74) is 0.311. The summed E-state index contributed by atoms with van der Waals surface area (Å²) in [7, 11) is 0. The van der Waals surface area contributed by atoms with Gasteiger partial charge in [0.05, 0.1) is 13.2 Å². The van der Waals surface area contributed by atoms with Crippen molar-refractivity contribution in [1.29, 1.82) is 0 Å². The van der Waals surface area contributed by atoms with E-state index in [0.29, 0.717) is 17.3 Å². The maximum Gasteiger partial charge on any atom is 0.405 e. The third-order valence-corrected chi connectivity index (χ3v) is 3.19. The molecule has 0 aliphatic rings. The van der Waals surface area contributed by atoms with Crippen molar-refractivity contribution < 1.29 is 19.4 Å². The van der Waals surface area contributed by atoms with Gasteiger partial charge in [-0.1, -0.05) is 13.3 Å². The fourth-order valence-corrected chi connectivity index (χ4v) is 2.48. The van der Waals surface area contributed by atoms with Gasteiger partial charge in [-0.15, -0.1) is 11.3 Å². The Morgan fingerprint density at radius 3 is 2.72 bits per heavy atom. The number of hydrogen-bond donors (Lipinski definition) is 2. The van der Waals surface area contributed by atoms with Crippen LogP contribution in [0.2, 0.25) is 0 Å². The molecule has 0 bridgehead atoms. The van der Waals surface area contributed by atoms with Gasteiger partial charge in [0.25, 0.3) is 0 Å².